The topological polar surface area (TPSA) is 58.2 Å². The van der Waals surface area contributed by atoms with E-state index in [2.05, 4.69) is 4.57 Å². The number of aryl methyl sites for hydroxylation is 1. The van der Waals surface area contributed by atoms with Crippen LogP contribution >= 0.6 is 11.6 Å². The molecular weight excluding hydrogens is 402 g/mol. The number of rotatable bonds is 2. The monoisotopic (exact) mass is 421 g/mol. The van der Waals surface area contributed by atoms with Gasteiger partial charge in [0.1, 0.15) is 6.10 Å². The van der Waals surface area contributed by atoms with E-state index in [9.17, 15) is 9.59 Å². The first-order valence-electron chi connectivity index (χ1n) is 9.73. The normalized spacial score (nSPS) is 16.0. The van der Waals surface area contributed by atoms with Gasteiger partial charge in [-0.15, -0.1) is 0 Å². The minimum atomic E-state index is -0.374. The van der Waals surface area contributed by atoms with Crippen molar-refractivity contribution >= 4 is 22.5 Å². The Balaban J connectivity index is 1.96. The molecule has 1 aliphatic heterocycles. The van der Waals surface area contributed by atoms with Crippen LogP contribution in [0, 0.1) is 0 Å². The summed E-state index contributed by atoms with van der Waals surface area (Å²) in [4.78, 5) is 26.1. The Morgan fingerprint density at radius 3 is 2.37 bits per heavy atom. The molecule has 0 fully saturated rings. The van der Waals surface area contributed by atoms with E-state index in [1.807, 2.05) is 54.6 Å². The number of hydrogen-bond donors (Lipinski definition) is 0. The number of ether oxygens (including phenoxy) is 1. The molecule has 3 heterocycles. The van der Waals surface area contributed by atoms with Crippen LogP contribution in [0.4, 0.5) is 0 Å². The summed E-state index contributed by atoms with van der Waals surface area (Å²) < 4.78 is 11.0. The molecule has 0 spiro atoms. The Morgan fingerprint density at radius 2 is 1.67 bits per heavy atom. The van der Waals surface area contributed by atoms with Crippen LogP contribution in [0.2, 0.25) is 5.02 Å². The molecule has 0 N–H and O–H groups in total. The highest BCUT2D eigenvalue weighted by Gasteiger charge is 2.32. The van der Waals surface area contributed by atoms with Crippen LogP contribution in [0.25, 0.3) is 22.2 Å². The predicted molar refractivity (Wildman–Crippen MR) is 117 cm³/mol. The Labute approximate surface area is 177 Å². The summed E-state index contributed by atoms with van der Waals surface area (Å²) in [6.45, 7) is 1.09. The summed E-state index contributed by atoms with van der Waals surface area (Å²) in [5.74, 6) is 0. The lowest BCUT2D eigenvalue weighted by Crippen LogP contribution is -2.37. The zero-order valence-electron chi connectivity index (χ0n) is 16.6. The van der Waals surface area contributed by atoms with Gasteiger partial charge >= 0.3 is 5.69 Å². The second kappa shape index (κ2) is 7.00. The van der Waals surface area contributed by atoms with Crippen LogP contribution < -0.4 is 11.2 Å². The summed E-state index contributed by atoms with van der Waals surface area (Å²) in [6.07, 6.45) is -0.374. The molecule has 1 atom stereocenters. The molecule has 0 saturated heterocycles. The van der Waals surface area contributed by atoms with Gasteiger partial charge in [-0.05, 0) is 23.3 Å². The van der Waals surface area contributed by atoms with Gasteiger partial charge in [0, 0.05) is 25.7 Å². The van der Waals surface area contributed by atoms with Gasteiger partial charge in [-0.1, -0.05) is 54.1 Å². The fraction of sp³-hybridized carbons (Fsp3) is 0.217. The molecule has 5 rings (SSSR count). The molecule has 4 aromatic rings. The van der Waals surface area contributed by atoms with Crippen molar-refractivity contribution in [3.8, 4) is 11.3 Å². The van der Waals surface area contributed by atoms with Gasteiger partial charge in [0.15, 0.2) is 0 Å². The van der Waals surface area contributed by atoms with Crippen molar-refractivity contribution in [1.29, 1.82) is 0 Å². The van der Waals surface area contributed by atoms with Gasteiger partial charge in [-0.25, -0.2) is 4.79 Å². The third-order valence-corrected chi connectivity index (χ3v) is 6.02. The van der Waals surface area contributed by atoms with Crippen LogP contribution in [-0.4, -0.2) is 20.3 Å². The van der Waals surface area contributed by atoms with Crippen molar-refractivity contribution in [3.05, 3.63) is 91.7 Å². The minimum Gasteiger partial charge on any atom is -0.365 e. The van der Waals surface area contributed by atoms with E-state index in [1.54, 1.807) is 11.6 Å². The molecular formula is C23H20ClN3O3. The molecule has 0 bridgehead atoms. The Hall–Kier alpha value is -3.09. The van der Waals surface area contributed by atoms with Crippen molar-refractivity contribution in [2.75, 3.05) is 6.61 Å². The van der Waals surface area contributed by atoms with Crippen LogP contribution in [0.3, 0.4) is 0 Å². The number of fused-ring (bicyclic) bond motifs is 3. The summed E-state index contributed by atoms with van der Waals surface area (Å²) in [5.41, 5.74) is 3.41. The molecule has 30 heavy (non-hydrogen) atoms. The number of halogens is 1. The maximum Gasteiger partial charge on any atom is 0.331 e. The van der Waals surface area contributed by atoms with E-state index in [1.165, 1.54) is 7.05 Å². The molecule has 7 heteroatoms. The Kier molecular flexibility index (Phi) is 4.41. The van der Waals surface area contributed by atoms with E-state index in [-0.39, 0.29) is 17.4 Å². The first kappa shape index (κ1) is 18.9. The van der Waals surface area contributed by atoms with E-state index < -0.39 is 0 Å². The largest absolute Gasteiger partial charge is 0.365 e. The molecule has 1 aliphatic rings. The van der Waals surface area contributed by atoms with Crippen molar-refractivity contribution in [1.82, 2.24) is 13.7 Å². The fourth-order valence-corrected chi connectivity index (χ4v) is 4.50. The van der Waals surface area contributed by atoms with Crippen molar-refractivity contribution in [3.63, 3.8) is 0 Å². The molecule has 2 aromatic carbocycles. The van der Waals surface area contributed by atoms with Crippen molar-refractivity contribution in [2.45, 2.75) is 12.6 Å². The maximum atomic E-state index is 13.3. The van der Waals surface area contributed by atoms with Crippen molar-refractivity contribution in [2.24, 2.45) is 14.1 Å². The van der Waals surface area contributed by atoms with Gasteiger partial charge in [0.05, 0.1) is 28.9 Å². The third kappa shape index (κ3) is 2.68. The lowest BCUT2D eigenvalue weighted by atomic mass is 10.0. The van der Waals surface area contributed by atoms with Crippen LogP contribution in [0.1, 0.15) is 17.4 Å². The molecule has 0 amide bonds. The molecule has 152 valence electrons. The number of aromatic nitrogens is 3. The van der Waals surface area contributed by atoms with Crippen LogP contribution in [0.15, 0.2) is 64.2 Å². The standard InChI is InChI=1S/C23H20ClN3O3/c1-25-19-17(22(28)26(2)23(25)29)18(14-8-10-16(24)11-9-14)27-12-13-30-21(20(19)27)15-6-4-3-5-7-15/h3-11,21H,12-13H2,1-2H3. The second-order valence-electron chi connectivity index (χ2n) is 7.48. The SMILES string of the molecule is Cn1c(=O)c2c(-c3ccc(Cl)cc3)n3c(c2n(C)c1=O)C(c1ccccc1)OCC3. The molecule has 1 unspecified atom stereocenters. The van der Waals surface area contributed by atoms with Gasteiger partial charge in [-0.2, -0.15) is 0 Å². The van der Waals surface area contributed by atoms with Gasteiger partial charge in [-0.3, -0.25) is 13.9 Å². The highest BCUT2D eigenvalue weighted by atomic mass is 35.5. The summed E-state index contributed by atoms with van der Waals surface area (Å²) in [5, 5.41) is 1.14. The lowest BCUT2D eigenvalue weighted by Gasteiger charge is -2.27. The highest BCUT2D eigenvalue weighted by molar-refractivity contribution is 6.30. The van der Waals surface area contributed by atoms with Crippen LogP contribution in [0.5, 0.6) is 0 Å². The van der Waals surface area contributed by atoms with Gasteiger partial charge in [0.25, 0.3) is 5.56 Å². The fourth-order valence-electron chi connectivity index (χ4n) is 4.37. The Morgan fingerprint density at radius 1 is 0.967 bits per heavy atom. The number of hydrogen-bond acceptors (Lipinski definition) is 3. The van der Waals surface area contributed by atoms with E-state index in [0.717, 1.165) is 27.1 Å². The zero-order valence-corrected chi connectivity index (χ0v) is 17.4. The minimum absolute atomic E-state index is 0.313. The average Bonchev–Trinajstić information content (AvgIpc) is 3.13. The van der Waals surface area contributed by atoms with Gasteiger partial charge in [0.2, 0.25) is 0 Å². The Bertz CT molecular complexity index is 1380. The maximum absolute atomic E-state index is 13.3. The molecule has 2 aromatic heterocycles. The summed E-state index contributed by atoms with van der Waals surface area (Å²) >= 11 is 6.10. The molecule has 6 nitrogen and oxygen atoms in total. The first-order valence-corrected chi connectivity index (χ1v) is 10.1. The smallest absolute Gasteiger partial charge is 0.331 e. The molecule has 0 radical (unpaired) electrons. The van der Waals surface area contributed by atoms with Gasteiger partial charge < -0.3 is 9.30 Å². The second-order valence-corrected chi connectivity index (χ2v) is 7.92. The van der Waals surface area contributed by atoms with E-state index in [0.29, 0.717) is 29.1 Å². The lowest BCUT2D eigenvalue weighted by molar-refractivity contribution is 0.0478. The average molecular weight is 422 g/mol. The summed E-state index contributed by atoms with van der Waals surface area (Å²) in [6, 6.07) is 17.3. The summed E-state index contributed by atoms with van der Waals surface area (Å²) in [7, 11) is 3.21. The molecule has 0 aliphatic carbocycles. The van der Waals surface area contributed by atoms with Crippen molar-refractivity contribution < 1.29 is 4.74 Å². The predicted octanol–water partition coefficient (Wildman–Crippen LogP) is 3.48. The number of nitrogens with zero attached hydrogens (tertiary/aromatic N) is 3. The number of benzene rings is 2. The highest BCUT2D eigenvalue weighted by Crippen LogP contribution is 2.40. The van der Waals surface area contributed by atoms with E-state index in [4.69, 9.17) is 16.3 Å². The zero-order chi connectivity index (χ0) is 21.0. The quantitative estimate of drug-likeness (QED) is 0.498. The first-order chi connectivity index (χ1) is 14.5. The molecule has 0 saturated carbocycles. The van der Waals surface area contributed by atoms with E-state index >= 15 is 0 Å². The van der Waals surface area contributed by atoms with Crippen LogP contribution in [-0.2, 0) is 25.4 Å². The third-order valence-electron chi connectivity index (χ3n) is 5.77.